The number of nitrogens with one attached hydrogen (secondary N) is 1. The van der Waals surface area contributed by atoms with E-state index in [-0.39, 0.29) is 0 Å². The molecule has 1 unspecified atom stereocenters. The Bertz CT molecular complexity index is 263. The van der Waals surface area contributed by atoms with E-state index in [4.69, 9.17) is 5.26 Å². The molecule has 1 heterocycles. The SMILES string of the molecule is CCC(CC#N)NCc1cncs1. The summed E-state index contributed by atoms with van der Waals surface area (Å²) in [6, 6.07) is 2.49. The summed E-state index contributed by atoms with van der Waals surface area (Å²) in [6.45, 7) is 2.91. The van der Waals surface area contributed by atoms with Gasteiger partial charge in [-0.05, 0) is 6.42 Å². The number of nitrogens with zero attached hydrogens (tertiary/aromatic N) is 2. The van der Waals surface area contributed by atoms with E-state index < -0.39 is 0 Å². The van der Waals surface area contributed by atoms with Crippen LogP contribution < -0.4 is 5.32 Å². The summed E-state index contributed by atoms with van der Waals surface area (Å²) in [6.07, 6.45) is 3.43. The summed E-state index contributed by atoms with van der Waals surface area (Å²) in [5.74, 6) is 0. The zero-order chi connectivity index (χ0) is 9.52. The minimum atomic E-state index is 0.312. The molecule has 1 rings (SSSR count). The minimum Gasteiger partial charge on any atom is -0.308 e. The second-order valence-electron chi connectivity index (χ2n) is 2.82. The first-order valence-electron chi connectivity index (χ1n) is 4.34. The molecule has 1 aromatic rings. The van der Waals surface area contributed by atoms with Gasteiger partial charge in [0.25, 0.3) is 0 Å². The fraction of sp³-hybridized carbons (Fsp3) is 0.556. The fourth-order valence-electron chi connectivity index (χ4n) is 1.05. The highest BCUT2D eigenvalue weighted by Crippen LogP contribution is 2.06. The largest absolute Gasteiger partial charge is 0.308 e. The molecular formula is C9H13N3S. The summed E-state index contributed by atoms with van der Waals surface area (Å²) < 4.78 is 0. The Morgan fingerprint density at radius 3 is 3.15 bits per heavy atom. The summed E-state index contributed by atoms with van der Waals surface area (Å²) >= 11 is 1.64. The molecule has 0 aliphatic carbocycles. The third-order valence-corrected chi connectivity index (χ3v) is 2.66. The molecule has 13 heavy (non-hydrogen) atoms. The van der Waals surface area contributed by atoms with Crippen molar-refractivity contribution in [1.29, 1.82) is 5.26 Å². The van der Waals surface area contributed by atoms with Crippen LogP contribution >= 0.6 is 11.3 Å². The second kappa shape index (κ2) is 5.68. The quantitative estimate of drug-likeness (QED) is 0.781. The number of hydrogen-bond donors (Lipinski definition) is 1. The van der Waals surface area contributed by atoms with Gasteiger partial charge in [0.15, 0.2) is 0 Å². The average Bonchev–Trinajstić information content (AvgIpc) is 2.64. The van der Waals surface area contributed by atoms with Gasteiger partial charge in [0, 0.05) is 23.7 Å². The van der Waals surface area contributed by atoms with Crippen molar-refractivity contribution in [1.82, 2.24) is 10.3 Å². The van der Waals surface area contributed by atoms with E-state index in [1.807, 2.05) is 11.7 Å². The van der Waals surface area contributed by atoms with Crippen LogP contribution in [-0.2, 0) is 6.54 Å². The number of aromatic nitrogens is 1. The van der Waals surface area contributed by atoms with Gasteiger partial charge in [0.1, 0.15) is 0 Å². The van der Waals surface area contributed by atoms with Crippen LogP contribution in [0, 0.1) is 11.3 Å². The van der Waals surface area contributed by atoms with Gasteiger partial charge in [-0.15, -0.1) is 11.3 Å². The average molecular weight is 195 g/mol. The van der Waals surface area contributed by atoms with Crippen LogP contribution in [-0.4, -0.2) is 11.0 Å². The molecular weight excluding hydrogens is 182 g/mol. The molecule has 0 aliphatic rings. The first-order valence-corrected chi connectivity index (χ1v) is 5.22. The molecule has 0 saturated heterocycles. The maximum atomic E-state index is 8.53. The Morgan fingerprint density at radius 2 is 2.62 bits per heavy atom. The molecule has 1 atom stereocenters. The van der Waals surface area contributed by atoms with Crippen LogP contribution in [0.25, 0.3) is 0 Å². The normalized spacial score (nSPS) is 12.3. The molecule has 0 amide bonds. The highest BCUT2D eigenvalue weighted by molar-refractivity contribution is 7.09. The molecule has 0 radical (unpaired) electrons. The van der Waals surface area contributed by atoms with Crippen molar-refractivity contribution in [2.24, 2.45) is 0 Å². The first-order chi connectivity index (χ1) is 6.36. The van der Waals surface area contributed by atoms with Gasteiger partial charge in [-0.2, -0.15) is 5.26 Å². The van der Waals surface area contributed by atoms with Gasteiger partial charge in [-0.1, -0.05) is 6.92 Å². The molecule has 70 valence electrons. The lowest BCUT2D eigenvalue weighted by atomic mass is 10.2. The fourth-order valence-corrected chi connectivity index (χ4v) is 1.59. The predicted octanol–water partition coefficient (Wildman–Crippen LogP) is 1.92. The zero-order valence-corrected chi connectivity index (χ0v) is 8.47. The highest BCUT2D eigenvalue weighted by atomic mass is 32.1. The second-order valence-corrected chi connectivity index (χ2v) is 3.79. The minimum absolute atomic E-state index is 0.312. The molecule has 0 bridgehead atoms. The predicted molar refractivity (Wildman–Crippen MR) is 53.3 cm³/mol. The standard InChI is InChI=1S/C9H13N3S/c1-2-8(3-4-10)12-6-9-5-11-7-13-9/h5,7-8,12H,2-3,6H2,1H3. The molecule has 0 spiro atoms. The Morgan fingerprint density at radius 1 is 1.77 bits per heavy atom. The molecule has 0 aromatic carbocycles. The zero-order valence-electron chi connectivity index (χ0n) is 7.66. The number of rotatable bonds is 5. The van der Waals surface area contributed by atoms with Crippen molar-refractivity contribution >= 4 is 11.3 Å². The molecule has 0 fully saturated rings. The van der Waals surface area contributed by atoms with Gasteiger partial charge < -0.3 is 5.32 Å². The van der Waals surface area contributed by atoms with E-state index in [0.717, 1.165) is 13.0 Å². The molecule has 0 aliphatic heterocycles. The lowest BCUT2D eigenvalue weighted by Crippen LogP contribution is -2.26. The van der Waals surface area contributed by atoms with E-state index in [1.54, 1.807) is 11.3 Å². The monoisotopic (exact) mass is 195 g/mol. The van der Waals surface area contributed by atoms with Crippen LogP contribution in [0.3, 0.4) is 0 Å². The van der Waals surface area contributed by atoms with Crippen molar-refractivity contribution < 1.29 is 0 Å². The van der Waals surface area contributed by atoms with E-state index in [0.29, 0.717) is 12.5 Å². The van der Waals surface area contributed by atoms with Gasteiger partial charge in [0.05, 0.1) is 18.0 Å². The van der Waals surface area contributed by atoms with Crippen molar-refractivity contribution in [2.75, 3.05) is 0 Å². The van der Waals surface area contributed by atoms with Crippen LogP contribution in [0.4, 0.5) is 0 Å². The maximum absolute atomic E-state index is 8.53. The van der Waals surface area contributed by atoms with Crippen molar-refractivity contribution in [2.45, 2.75) is 32.4 Å². The third kappa shape index (κ3) is 3.53. The first kappa shape index (κ1) is 10.2. The topological polar surface area (TPSA) is 48.7 Å². The van der Waals surface area contributed by atoms with E-state index >= 15 is 0 Å². The smallest absolute Gasteiger partial charge is 0.0794 e. The Hall–Kier alpha value is -0.920. The lowest BCUT2D eigenvalue weighted by Gasteiger charge is -2.11. The van der Waals surface area contributed by atoms with Gasteiger partial charge in [0.2, 0.25) is 0 Å². The van der Waals surface area contributed by atoms with Crippen molar-refractivity contribution in [3.8, 4) is 6.07 Å². The molecule has 4 heteroatoms. The summed E-state index contributed by atoms with van der Waals surface area (Å²) in [5, 5.41) is 11.8. The van der Waals surface area contributed by atoms with Crippen LogP contribution in [0.1, 0.15) is 24.6 Å². The van der Waals surface area contributed by atoms with Crippen LogP contribution in [0.5, 0.6) is 0 Å². The Kier molecular flexibility index (Phi) is 4.44. The summed E-state index contributed by atoms with van der Waals surface area (Å²) in [4.78, 5) is 5.20. The Labute approximate surface area is 82.4 Å². The van der Waals surface area contributed by atoms with Crippen molar-refractivity contribution in [3.63, 3.8) is 0 Å². The van der Waals surface area contributed by atoms with E-state index in [1.165, 1.54) is 4.88 Å². The number of hydrogen-bond acceptors (Lipinski definition) is 4. The van der Waals surface area contributed by atoms with Gasteiger partial charge >= 0.3 is 0 Å². The van der Waals surface area contributed by atoms with Crippen LogP contribution in [0.15, 0.2) is 11.7 Å². The molecule has 1 N–H and O–H groups in total. The number of nitriles is 1. The lowest BCUT2D eigenvalue weighted by molar-refractivity contribution is 0.507. The summed E-state index contributed by atoms with van der Waals surface area (Å²) in [7, 11) is 0. The molecule has 1 aromatic heterocycles. The maximum Gasteiger partial charge on any atom is 0.0794 e. The molecule has 0 saturated carbocycles. The third-order valence-electron chi connectivity index (χ3n) is 1.88. The number of thiazole rings is 1. The Balaban J connectivity index is 2.28. The van der Waals surface area contributed by atoms with Gasteiger partial charge in [-0.3, -0.25) is 4.98 Å². The summed E-state index contributed by atoms with van der Waals surface area (Å²) in [5.41, 5.74) is 1.82. The van der Waals surface area contributed by atoms with E-state index in [9.17, 15) is 0 Å². The highest BCUT2D eigenvalue weighted by Gasteiger charge is 2.04. The van der Waals surface area contributed by atoms with Gasteiger partial charge in [-0.25, -0.2) is 0 Å². The van der Waals surface area contributed by atoms with E-state index in [2.05, 4.69) is 23.3 Å². The van der Waals surface area contributed by atoms with Crippen LogP contribution in [0.2, 0.25) is 0 Å². The molecule has 3 nitrogen and oxygen atoms in total. The van der Waals surface area contributed by atoms with Crippen molar-refractivity contribution in [3.05, 3.63) is 16.6 Å².